The number of nitrogens with one attached hydrogen (secondary N) is 1. The van der Waals surface area contributed by atoms with Crippen LogP contribution in [0.3, 0.4) is 0 Å². The first kappa shape index (κ1) is 15.2. The smallest absolute Gasteiger partial charge is 0.271 e. The van der Waals surface area contributed by atoms with Gasteiger partial charge >= 0.3 is 0 Å². The van der Waals surface area contributed by atoms with Crippen LogP contribution >= 0.6 is 11.3 Å². The van der Waals surface area contributed by atoms with Crippen molar-refractivity contribution in [2.45, 2.75) is 13.8 Å². The molecule has 0 fully saturated rings. The second-order valence-corrected chi connectivity index (χ2v) is 6.19. The molecule has 0 aliphatic carbocycles. The van der Waals surface area contributed by atoms with Gasteiger partial charge in [-0.3, -0.25) is 4.79 Å². The molecule has 2 heterocycles. The van der Waals surface area contributed by atoms with Gasteiger partial charge in [-0.1, -0.05) is 6.07 Å². The van der Waals surface area contributed by atoms with E-state index in [0.29, 0.717) is 5.56 Å². The van der Waals surface area contributed by atoms with Crippen LogP contribution in [0.5, 0.6) is 0 Å². The molecule has 0 atom stereocenters. The largest absolute Gasteiger partial charge is 0.319 e. The van der Waals surface area contributed by atoms with E-state index in [1.165, 1.54) is 11.4 Å². The molecule has 0 bridgehead atoms. The molecule has 23 heavy (non-hydrogen) atoms. The van der Waals surface area contributed by atoms with Crippen molar-refractivity contribution in [2.75, 3.05) is 0 Å². The fraction of sp³-hybridized carbons (Fsp3) is 0.111. The fourth-order valence-electron chi connectivity index (χ4n) is 2.42. The van der Waals surface area contributed by atoms with E-state index in [1.807, 2.05) is 41.8 Å². The molecule has 1 amide bonds. The number of amides is 1. The molecule has 5 heteroatoms. The normalized spacial score (nSPS) is 11.0. The van der Waals surface area contributed by atoms with Gasteiger partial charge in [-0.25, -0.2) is 5.43 Å². The Balaban J connectivity index is 1.71. The van der Waals surface area contributed by atoms with E-state index in [2.05, 4.69) is 41.1 Å². The summed E-state index contributed by atoms with van der Waals surface area (Å²) in [7, 11) is 0. The fourth-order valence-corrected chi connectivity index (χ4v) is 3.01. The predicted octanol–water partition coefficient (Wildman–Crippen LogP) is 3.92. The molecule has 3 aromatic rings. The van der Waals surface area contributed by atoms with Gasteiger partial charge in [-0.2, -0.15) is 5.10 Å². The van der Waals surface area contributed by atoms with Crippen LogP contribution in [0, 0.1) is 13.8 Å². The summed E-state index contributed by atoms with van der Waals surface area (Å²) in [6, 6.07) is 15.5. The number of aryl methyl sites for hydroxylation is 2. The van der Waals surface area contributed by atoms with Crippen molar-refractivity contribution in [3.05, 3.63) is 75.7 Å². The van der Waals surface area contributed by atoms with Crippen molar-refractivity contribution in [3.8, 4) is 5.69 Å². The van der Waals surface area contributed by atoms with Crippen LogP contribution in [0.2, 0.25) is 0 Å². The van der Waals surface area contributed by atoms with Crippen molar-refractivity contribution in [2.24, 2.45) is 5.10 Å². The maximum Gasteiger partial charge on any atom is 0.271 e. The van der Waals surface area contributed by atoms with Gasteiger partial charge in [0.1, 0.15) is 0 Å². The van der Waals surface area contributed by atoms with Crippen molar-refractivity contribution < 1.29 is 4.79 Å². The summed E-state index contributed by atoms with van der Waals surface area (Å²) in [6.45, 7) is 4.12. The Morgan fingerprint density at radius 1 is 1.09 bits per heavy atom. The Morgan fingerprint density at radius 3 is 2.39 bits per heavy atom. The zero-order valence-electron chi connectivity index (χ0n) is 13.0. The minimum Gasteiger partial charge on any atom is -0.319 e. The second kappa shape index (κ2) is 6.62. The first-order chi connectivity index (χ1) is 11.1. The Bertz CT molecular complexity index is 810. The van der Waals surface area contributed by atoms with Crippen LogP contribution in [0.1, 0.15) is 26.6 Å². The number of hydrogen-bond donors (Lipinski definition) is 1. The zero-order chi connectivity index (χ0) is 16.2. The molecule has 4 nitrogen and oxygen atoms in total. The first-order valence-electron chi connectivity index (χ1n) is 7.27. The van der Waals surface area contributed by atoms with Crippen molar-refractivity contribution in [1.82, 2.24) is 9.99 Å². The van der Waals surface area contributed by atoms with Gasteiger partial charge < -0.3 is 4.57 Å². The molecule has 116 valence electrons. The third-order valence-corrected chi connectivity index (χ3v) is 4.37. The van der Waals surface area contributed by atoms with E-state index in [4.69, 9.17) is 0 Å². The van der Waals surface area contributed by atoms with Crippen molar-refractivity contribution >= 4 is 23.5 Å². The summed E-state index contributed by atoms with van der Waals surface area (Å²) in [5, 5.41) is 5.94. The summed E-state index contributed by atoms with van der Waals surface area (Å²) in [6.07, 6.45) is 1.64. The highest BCUT2D eigenvalue weighted by Crippen LogP contribution is 2.16. The number of rotatable bonds is 4. The van der Waals surface area contributed by atoms with Crippen LogP contribution < -0.4 is 5.43 Å². The lowest BCUT2D eigenvalue weighted by Gasteiger charge is -2.09. The number of thiophene rings is 1. The first-order valence-corrected chi connectivity index (χ1v) is 8.15. The quantitative estimate of drug-likeness (QED) is 0.574. The molecule has 0 aliphatic rings. The Labute approximate surface area is 139 Å². The van der Waals surface area contributed by atoms with Crippen LogP contribution in [-0.4, -0.2) is 16.7 Å². The number of nitrogens with zero attached hydrogens (tertiary/aromatic N) is 2. The number of hydrazone groups is 1. The predicted molar refractivity (Wildman–Crippen MR) is 94.6 cm³/mol. The van der Waals surface area contributed by atoms with E-state index in [-0.39, 0.29) is 5.91 Å². The monoisotopic (exact) mass is 323 g/mol. The average molecular weight is 323 g/mol. The SMILES string of the molecule is Cc1ccc(C)n1-c1ccc(C(=O)NN=Cc2cccs2)cc1. The molecule has 2 aromatic heterocycles. The summed E-state index contributed by atoms with van der Waals surface area (Å²) >= 11 is 1.57. The molecule has 0 saturated carbocycles. The molecule has 0 radical (unpaired) electrons. The Morgan fingerprint density at radius 2 is 1.78 bits per heavy atom. The molecule has 0 aliphatic heterocycles. The molecule has 1 aromatic carbocycles. The topological polar surface area (TPSA) is 46.4 Å². The van der Waals surface area contributed by atoms with Gasteiger partial charge in [-0.05, 0) is 61.7 Å². The van der Waals surface area contributed by atoms with E-state index >= 15 is 0 Å². The van der Waals surface area contributed by atoms with Crippen LogP contribution in [0.15, 0.2) is 59.0 Å². The number of benzene rings is 1. The maximum absolute atomic E-state index is 12.1. The number of carbonyl (C=O) groups is 1. The van der Waals surface area contributed by atoms with Crippen LogP contribution in [0.25, 0.3) is 5.69 Å². The van der Waals surface area contributed by atoms with Crippen molar-refractivity contribution in [1.29, 1.82) is 0 Å². The second-order valence-electron chi connectivity index (χ2n) is 5.21. The molecule has 0 saturated heterocycles. The highest BCUT2D eigenvalue weighted by Gasteiger charge is 2.07. The highest BCUT2D eigenvalue weighted by molar-refractivity contribution is 7.11. The summed E-state index contributed by atoms with van der Waals surface area (Å²) < 4.78 is 2.15. The lowest BCUT2D eigenvalue weighted by Crippen LogP contribution is -2.17. The van der Waals surface area contributed by atoms with E-state index in [0.717, 1.165) is 10.6 Å². The van der Waals surface area contributed by atoms with Gasteiger partial charge in [0.05, 0.1) is 6.21 Å². The molecule has 0 spiro atoms. The molecule has 1 N–H and O–H groups in total. The maximum atomic E-state index is 12.1. The molecule has 3 rings (SSSR count). The number of hydrogen-bond acceptors (Lipinski definition) is 3. The third kappa shape index (κ3) is 3.40. The van der Waals surface area contributed by atoms with Gasteiger partial charge in [0.15, 0.2) is 0 Å². The Hall–Kier alpha value is -2.66. The molecular formula is C18H17N3OS. The van der Waals surface area contributed by atoms with Crippen molar-refractivity contribution in [3.63, 3.8) is 0 Å². The lowest BCUT2D eigenvalue weighted by molar-refractivity contribution is 0.0955. The van der Waals surface area contributed by atoms with Gasteiger partial charge in [0.25, 0.3) is 5.91 Å². The summed E-state index contributed by atoms with van der Waals surface area (Å²) in [5.41, 5.74) is 6.51. The van der Waals surface area contributed by atoms with Crippen LogP contribution in [-0.2, 0) is 0 Å². The van der Waals surface area contributed by atoms with Gasteiger partial charge in [0.2, 0.25) is 0 Å². The van der Waals surface area contributed by atoms with E-state index in [9.17, 15) is 4.79 Å². The minimum absolute atomic E-state index is 0.217. The zero-order valence-corrected chi connectivity index (χ0v) is 13.8. The van der Waals surface area contributed by atoms with Gasteiger partial charge in [0, 0.05) is 27.5 Å². The number of aromatic nitrogens is 1. The molecular weight excluding hydrogens is 306 g/mol. The molecule has 0 unspecified atom stereocenters. The van der Waals surface area contributed by atoms with Gasteiger partial charge in [-0.15, -0.1) is 11.3 Å². The lowest BCUT2D eigenvalue weighted by atomic mass is 10.2. The van der Waals surface area contributed by atoms with E-state index < -0.39 is 0 Å². The summed E-state index contributed by atoms with van der Waals surface area (Å²) in [5.74, 6) is -0.217. The standard InChI is InChI=1S/C18H17N3OS/c1-13-5-6-14(2)21(13)16-9-7-15(8-10-16)18(22)20-19-12-17-4-3-11-23-17/h3-12H,1-2H3,(H,20,22). The number of carbonyl (C=O) groups excluding carboxylic acids is 1. The highest BCUT2D eigenvalue weighted by atomic mass is 32.1. The minimum atomic E-state index is -0.217. The van der Waals surface area contributed by atoms with E-state index in [1.54, 1.807) is 17.6 Å². The Kier molecular flexibility index (Phi) is 4.39. The third-order valence-electron chi connectivity index (χ3n) is 3.56. The van der Waals surface area contributed by atoms with Crippen LogP contribution in [0.4, 0.5) is 0 Å². The summed E-state index contributed by atoms with van der Waals surface area (Å²) in [4.78, 5) is 13.1. The average Bonchev–Trinajstić information content (AvgIpc) is 3.18.